The Kier molecular flexibility index (Phi) is 5.78. The second-order valence-electron chi connectivity index (χ2n) is 4.17. The monoisotopic (exact) mass is 286 g/mol. The first-order valence-corrected chi connectivity index (χ1v) is 7.53. The second-order valence-corrected chi connectivity index (χ2v) is 5.70. The largest absolute Gasteiger partial charge is 0.481 e. The van der Waals surface area contributed by atoms with E-state index < -0.39 is 16.0 Å². The number of nitrogens with two attached hydrogens (primary N) is 1. The summed E-state index contributed by atoms with van der Waals surface area (Å²) in [5.41, 5.74) is 0.475. The minimum absolute atomic E-state index is 0.0699. The molecule has 1 rings (SSSR count). The maximum absolute atomic E-state index is 11.3. The number of anilines is 1. The number of sulfonamides is 1. The van der Waals surface area contributed by atoms with Crippen molar-refractivity contribution >= 4 is 21.7 Å². The Balaban J connectivity index is 2.44. The van der Waals surface area contributed by atoms with Crippen molar-refractivity contribution in [3.05, 3.63) is 24.3 Å². The van der Waals surface area contributed by atoms with Crippen LogP contribution in [-0.4, -0.2) is 26.0 Å². The van der Waals surface area contributed by atoms with Crippen LogP contribution in [0.2, 0.25) is 0 Å². The Labute approximate surface area is 112 Å². The molecule has 1 aromatic carbocycles. The first-order chi connectivity index (χ1) is 8.91. The fraction of sp³-hybridized carbons (Fsp3) is 0.417. The Bertz CT molecular complexity index is 528. The number of primary sulfonamides is 1. The van der Waals surface area contributed by atoms with E-state index in [2.05, 4.69) is 5.32 Å². The van der Waals surface area contributed by atoms with Gasteiger partial charge < -0.3 is 10.4 Å². The zero-order chi connectivity index (χ0) is 14.3. The molecule has 0 spiro atoms. The topological polar surface area (TPSA) is 109 Å². The van der Waals surface area contributed by atoms with Gasteiger partial charge in [-0.05, 0) is 25.0 Å². The predicted octanol–water partition coefficient (Wildman–Crippen LogP) is 1.39. The van der Waals surface area contributed by atoms with Crippen molar-refractivity contribution < 1.29 is 18.3 Å². The van der Waals surface area contributed by atoms with Crippen molar-refractivity contribution in [1.82, 2.24) is 0 Å². The van der Waals surface area contributed by atoms with Gasteiger partial charge in [0.15, 0.2) is 0 Å². The summed E-state index contributed by atoms with van der Waals surface area (Å²) >= 11 is 0. The number of carboxylic acid groups (broad SMARTS) is 1. The van der Waals surface area contributed by atoms with Gasteiger partial charge in [0.25, 0.3) is 0 Å². The van der Waals surface area contributed by atoms with Gasteiger partial charge in [-0.1, -0.05) is 18.6 Å². The summed E-state index contributed by atoms with van der Waals surface area (Å²) in [5, 5.41) is 16.6. The molecule has 0 fully saturated rings. The third-order valence-corrected chi connectivity index (χ3v) is 3.55. The number of rotatable bonds is 8. The van der Waals surface area contributed by atoms with Crippen LogP contribution < -0.4 is 10.5 Å². The van der Waals surface area contributed by atoms with Crippen molar-refractivity contribution in [2.75, 3.05) is 11.9 Å². The highest BCUT2D eigenvalue weighted by Crippen LogP contribution is 2.19. The lowest BCUT2D eigenvalue weighted by Crippen LogP contribution is -2.15. The Morgan fingerprint density at radius 1 is 1.21 bits per heavy atom. The summed E-state index contributed by atoms with van der Waals surface area (Å²) in [6.45, 7) is 0.576. The van der Waals surface area contributed by atoms with Gasteiger partial charge in [-0.25, -0.2) is 13.6 Å². The number of hydrogen-bond donors (Lipinski definition) is 3. The summed E-state index contributed by atoms with van der Waals surface area (Å²) in [5.74, 6) is -0.799. The van der Waals surface area contributed by atoms with Crippen LogP contribution in [0.15, 0.2) is 29.2 Å². The molecule has 19 heavy (non-hydrogen) atoms. The first kappa shape index (κ1) is 15.5. The summed E-state index contributed by atoms with van der Waals surface area (Å²) in [6, 6.07) is 6.43. The molecule has 0 bridgehead atoms. The standard InChI is InChI=1S/C12H18N2O4S/c13-19(17,18)11-7-4-3-6-10(11)14-9-5-1-2-8-12(15)16/h3-4,6-7,14H,1-2,5,8-9H2,(H,15,16)(H2,13,17,18). The predicted molar refractivity (Wildman–Crippen MR) is 72.4 cm³/mol. The van der Waals surface area contributed by atoms with Crippen molar-refractivity contribution in [2.45, 2.75) is 30.6 Å². The Morgan fingerprint density at radius 3 is 2.53 bits per heavy atom. The molecule has 0 saturated carbocycles. The zero-order valence-corrected chi connectivity index (χ0v) is 11.3. The minimum Gasteiger partial charge on any atom is -0.481 e. The Hall–Kier alpha value is -1.60. The highest BCUT2D eigenvalue weighted by atomic mass is 32.2. The lowest BCUT2D eigenvalue weighted by atomic mass is 10.2. The average Bonchev–Trinajstić information content (AvgIpc) is 2.32. The molecule has 0 atom stereocenters. The molecule has 4 N–H and O–H groups in total. The van der Waals surface area contributed by atoms with Crippen molar-refractivity contribution in [3.8, 4) is 0 Å². The van der Waals surface area contributed by atoms with Gasteiger partial charge >= 0.3 is 5.97 Å². The Morgan fingerprint density at radius 2 is 1.89 bits per heavy atom. The number of para-hydroxylation sites is 1. The van der Waals surface area contributed by atoms with E-state index in [-0.39, 0.29) is 11.3 Å². The summed E-state index contributed by atoms with van der Waals surface area (Å²) in [6.07, 6.45) is 2.32. The van der Waals surface area contributed by atoms with Crippen LogP contribution in [0.5, 0.6) is 0 Å². The van der Waals surface area contributed by atoms with Crippen molar-refractivity contribution in [1.29, 1.82) is 0 Å². The molecule has 0 unspecified atom stereocenters. The number of benzene rings is 1. The second kappa shape index (κ2) is 7.10. The van der Waals surface area contributed by atoms with Crippen LogP contribution in [0.4, 0.5) is 5.69 Å². The molecule has 0 radical (unpaired) electrons. The fourth-order valence-electron chi connectivity index (χ4n) is 1.66. The van der Waals surface area contributed by atoms with E-state index in [0.29, 0.717) is 18.7 Å². The lowest BCUT2D eigenvalue weighted by Gasteiger charge is -2.10. The van der Waals surface area contributed by atoms with E-state index in [1.807, 2.05) is 0 Å². The SMILES string of the molecule is NS(=O)(=O)c1ccccc1NCCCCCC(=O)O. The number of carboxylic acids is 1. The number of nitrogens with one attached hydrogen (secondary N) is 1. The minimum atomic E-state index is -3.73. The van der Waals surface area contributed by atoms with Crippen LogP contribution in [-0.2, 0) is 14.8 Å². The van der Waals surface area contributed by atoms with Crippen LogP contribution in [0.1, 0.15) is 25.7 Å². The zero-order valence-electron chi connectivity index (χ0n) is 10.5. The number of aliphatic carboxylic acids is 1. The molecule has 106 valence electrons. The highest BCUT2D eigenvalue weighted by Gasteiger charge is 2.12. The molecular formula is C12H18N2O4S. The van der Waals surface area contributed by atoms with Gasteiger partial charge in [0.05, 0.1) is 5.69 Å². The molecule has 0 heterocycles. The van der Waals surface area contributed by atoms with E-state index in [9.17, 15) is 13.2 Å². The highest BCUT2D eigenvalue weighted by molar-refractivity contribution is 7.89. The maximum Gasteiger partial charge on any atom is 0.303 e. The van der Waals surface area contributed by atoms with E-state index in [0.717, 1.165) is 12.8 Å². The molecule has 6 nitrogen and oxygen atoms in total. The average molecular weight is 286 g/mol. The van der Waals surface area contributed by atoms with Crippen molar-refractivity contribution in [2.24, 2.45) is 5.14 Å². The molecule has 0 aliphatic carbocycles. The number of hydrogen-bond acceptors (Lipinski definition) is 4. The fourth-order valence-corrected chi connectivity index (χ4v) is 2.38. The molecule has 0 saturated heterocycles. The van der Waals surface area contributed by atoms with E-state index >= 15 is 0 Å². The van der Waals surface area contributed by atoms with Gasteiger partial charge in [0.1, 0.15) is 4.90 Å². The smallest absolute Gasteiger partial charge is 0.303 e. The summed E-state index contributed by atoms with van der Waals surface area (Å²) < 4.78 is 22.7. The van der Waals surface area contributed by atoms with E-state index in [1.54, 1.807) is 18.2 Å². The normalized spacial score (nSPS) is 11.2. The number of carbonyl (C=O) groups is 1. The van der Waals surface area contributed by atoms with Gasteiger partial charge in [0, 0.05) is 13.0 Å². The van der Waals surface area contributed by atoms with Gasteiger partial charge in [0.2, 0.25) is 10.0 Å². The molecular weight excluding hydrogens is 268 g/mol. The molecule has 0 aromatic heterocycles. The summed E-state index contributed by atoms with van der Waals surface area (Å²) in [7, 11) is -3.73. The first-order valence-electron chi connectivity index (χ1n) is 5.99. The van der Waals surface area contributed by atoms with Gasteiger partial charge in [-0.2, -0.15) is 0 Å². The van der Waals surface area contributed by atoms with Gasteiger partial charge in [-0.15, -0.1) is 0 Å². The van der Waals surface area contributed by atoms with Crippen LogP contribution in [0.25, 0.3) is 0 Å². The van der Waals surface area contributed by atoms with Crippen LogP contribution in [0, 0.1) is 0 Å². The molecule has 1 aromatic rings. The van der Waals surface area contributed by atoms with Crippen molar-refractivity contribution in [3.63, 3.8) is 0 Å². The third kappa shape index (κ3) is 5.71. The van der Waals surface area contributed by atoms with Crippen LogP contribution >= 0.6 is 0 Å². The third-order valence-electron chi connectivity index (χ3n) is 2.58. The van der Waals surface area contributed by atoms with E-state index in [1.165, 1.54) is 6.07 Å². The van der Waals surface area contributed by atoms with Gasteiger partial charge in [-0.3, -0.25) is 4.79 Å². The molecule has 7 heteroatoms. The quantitative estimate of drug-likeness (QED) is 0.626. The molecule has 0 aliphatic heterocycles. The molecule has 0 amide bonds. The lowest BCUT2D eigenvalue weighted by molar-refractivity contribution is -0.137. The maximum atomic E-state index is 11.3. The number of unbranched alkanes of at least 4 members (excludes halogenated alkanes) is 2. The van der Waals surface area contributed by atoms with E-state index in [4.69, 9.17) is 10.2 Å². The summed E-state index contributed by atoms with van der Waals surface area (Å²) in [4.78, 5) is 10.4. The molecule has 0 aliphatic rings. The van der Waals surface area contributed by atoms with Crippen LogP contribution in [0.3, 0.4) is 0 Å².